The van der Waals surface area contributed by atoms with E-state index in [9.17, 15) is 4.39 Å². The minimum atomic E-state index is -0.220. The zero-order chi connectivity index (χ0) is 15.8. The number of halogens is 1. The number of thiazole rings is 1. The molecular weight excluding hydrogens is 309 g/mol. The van der Waals surface area contributed by atoms with Crippen molar-refractivity contribution in [2.75, 3.05) is 5.32 Å². The highest BCUT2D eigenvalue weighted by Gasteiger charge is 2.22. The Hall–Kier alpha value is -1.88. The van der Waals surface area contributed by atoms with Crippen molar-refractivity contribution >= 4 is 22.1 Å². The fourth-order valence-corrected chi connectivity index (χ4v) is 4.28. The molecule has 0 bridgehead atoms. The van der Waals surface area contributed by atoms with Gasteiger partial charge in [0.1, 0.15) is 17.3 Å². The predicted octanol–water partition coefficient (Wildman–Crippen LogP) is 5.25. The molecule has 1 aliphatic rings. The summed E-state index contributed by atoms with van der Waals surface area (Å²) in [5, 5.41) is 5.76. The molecule has 120 valence electrons. The summed E-state index contributed by atoms with van der Waals surface area (Å²) in [5.74, 6) is 0.721. The molecule has 2 aromatic heterocycles. The molecule has 3 aromatic rings. The number of benzene rings is 1. The molecule has 1 aliphatic carbocycles. The third-order valence-corrected chi connectivity index (χ3v) is 5.55. The van der Waals surface area contributed by atoms with Crippen LogP contribution in [0.25, 0.3) is 16.2 Å². The quantitative estimate of drug-likeness (QED) is 0.710. The molecule has 2 heterocycles. The first-order valence-corrected chi connectivity index (χ1v) is 9.10. The van der Waals surface area contributed by atoms with Crippen molar-refractivity contribution in [2.45, 2.75) is 45.1 Å². The number of aromatic nitrogens is 2. The molecule has 3 nitrogen and oxygen atoms in total. The number of hydrogen-bond acceptors (Lipinski definition) is 3. The van der Waals surface area contributed by atoms with Crippen molar-refractivity contribution in [3.8, 4) is 11.3 Å². The molecule has 0 saturated heterocycles. The van der Waals surface area contributed by atoms with E-state index in [0.717, 1.165) is 22.2 Å². The Morgan fingerprint density at radius 1 is 1.22 bits per heavy atom. The topological polar surface area (TPSA) is 29.3 Å². The van der Waals surface area contributed by atoms with Crippen molar-refractivity contribution in [2.24, 2.45) is 0 Å². The van der Waals surface area contributed by atoms with Crippen molar-refractivity contribution in [1.82, 2.24) is 9.38 Å². The maximum absolute atomic E-state index is 14.3. The highest BCUT2D eigenvalue weighted by molar-refractivity contribution is 7.15. The summed E-state index contributed by atoms with van der Waals surface area (Å²) in [7, 11) is 0. The van der Waals surface area contributed by atoms with E-state index in [1.54, 1.807) is 17.4 Å². The molecule has 0 spiro atoms. The molecule has 0 unspecified atom stereocenters. The van der Waals surface area contributed by atoms with Crippen LogP contribution in [0.4, 0.5) is 10.2 Å². The van der Waals surface area contributed by atoms with Gasteiger partial charge in [-0.05, 0) is 31.9 Å². The van der Waals surface area contributed by atoms with Crippen molar-refractivity contribution in [1.29, 1.82) is 0 Å². The van der Waals surface area contributed by atoms with E-state index < -0.39 is 0 Å². The van der Waals surface area contributed by atoms with Gasteiger partial charge >= 0.3 is 0 Å². The number of rotatable bonds is 3. The summed E-state index contributed by atoms with van der Waals surface area (Å²) in [4.78, 5) is 5.62. The van der Waals surface area contributed by atoms with E-state index in [-0.39, 0.29) is 5.82 Å². The molecule has 1 saturated carbocycles. The van der Waals surface area contributed by atoms with Gasteiger partial charge < -0.3 is 5.32 Å². The van der Waals surface area contributed by atoms with E-state index in [2.05, 4.69) is 22.0 Å². The molecule has 1 fully saturated rings. The second kappa shape index (κ2) is 5.96. The van der Waals surface area contributed by atoms with Gasteiger partial charge in [0.15, 0.2) is 4.96 Å². The fourth-order valence-electron chi connectivity index (χ4n) is 3.41. The van der Waals surface area contributed by atoms with Crippen LogP contribution >= 0.6 is 11.3 Å². The van der Waals surface area contributed by atoms with E-state index in [0.29, 0.717) is 11.6 Å². The van der Waals surface area contributed by atoms with Gasteiger partial charge in [0, 0.05) is 22.7 Å². The number of hydrogen-bond donors (Lipinski definition) is 1. The van der Waals surface area contributed by atoms with E-state index in [4.69, 9.17) is 4.98 Å². The highest BCUT2D eigenvalue weighted by atomic mass is 32.1. The molecule has 1 N–H and O–H groups in total. The predicted molar refractivity (Wildman–Crippen MR) is 93.7 cm³/mol. The summed E-state index contributed by atoms with van der Waals surface area (Å²) in [6.45, 7) is 2.07. The molecule has 0 aliphatic heterocycles. The van der Waals surface area contributed by atoms with Crippen LogP contribution < -0.4 is 5.32 Å². The standard InChI is InChI=1S/C18H20FN3S/c1-12-11-23-18-21-16(14-9-5-6-10-15(14)19)17(22(12)18)20-13-7-3-2-4-8-13/h5-6,9-11,13,20H,2-4,7-8H2,1H3. The van der Waals surface area contributed by atoms with Crippen molar-refractivity contribution in [3.05, 3.63) is 41.2 Å². The first kappa shape index (κ1) is 14.7. The lowest BCUT2D eigenvalue weighted by Crippen LogP contribution is -2.23. The molecule has 4 rings (SSSR count). The Kier molecular flexibility index (Phi) is 3.81. The van der Waals surface area contributed by atoms with Gasteiger partial charge in [-0.15, -0.1) is 11.3 Å². The lowest BCUT2D eigenvalue weighted by atomic mass is 9.95. The maximum Gasteiger partial charge on any atom is 0.196 e. The van der Waals surface area contributed by atoms with E-state index in [1.807, 2.05) is 12.1 Å². The molecule has 0 radical (unpaired) electrons. The Morgan fingerprint density at radius 3 is 2.78 bits per heavy atom. The average molecular weight is 329 g/mol. The van der Waals surface area contributed by atoms with Crippen LogP contribution in [0.15, 0.2) is 29.6 Å². The Balaban J connectivity index is 1.83. The zero-order valence-electron chi connectivity index (χ0n) is 13.2. The lowest BCUT2D eigenvalue weighted by Gasteiger charge is -2.24. The molecular formula is C18H20FN3S. The monoisotopic (exact) mass is 329 g/mol. The Morgan fingerprint density at radius 2 is 2.00 bits per heavy atom. The largest absolute Gasteiger partial charge is 0.367 e. The lowest BCUT2D eigenvalue weighted by molar-refractivity contribution is 0.461. The van der Waals surface area contributed by atoms with Crippen LogP contribution in [0.2, 0.25) is 0 Å². The number of anilines is 1. The number of aryl methyl sites for hydroxylation is 1. The summed E-state index contributed by atoms with van der Waals surface area (Å²) in [5.41, 5.74) is 2.43. The first-order chi connectivity index (χ1) is 11.2. The van der Waals surface area contributed by atoms with Crippen molar-refractivity contribution in [3.63, 3.8) is 0 Å². The van der Waals surface area contributed by atoms with Gasteiger partial charge in [0.05, 0.1) is 0 Å². The second-order valence-corrected chi connectivity index (χ2v) is 7.10. The SMILES string of the molecule is Cc1csc2nc(-c3ccccc3F)c(NC3CCCCC3)n12. The number of nitrogens with zero attached hydrogens (tertiary/aromatic N) is 2. The van der Waals surface area contributed by atoms with Gasteiger partial charge in [-0.2, -0.15) is 0 Å². The molecule has 23 heavy (non-hydrogen) atoms. The maximum atomic E-state index is 14.3. The first-order valence-electron chi connectivity index (χ1n) is 8.22. The minimum absolute atomic E-state index is 0.220. The van der Waals surface area contributed by atoms with E-state index in [1.165, 1.54) is 38.2 Å². The van der Waals surface area contributed by atoms with Crippen molar-refractivity contribution < 1.29 is 4.39 Å². The number of nitrogens with one attached hydrogen (secondary N) is 1. The van der Waals surface area contributed by atoms with E-state index >= 15 is 0 Å². The Labute approximate surface area is 139 Å². The zero-order valence-corrected chi connectivity index (χ0v) is 14.0. The number of fused-ring (bicyclic) bond motifs is 1. The van der Waals surface area contributed by atoms with Gasteiger partial charge in [-0.25, -0.2) is 9.37 Å². The van der Waals surface area contributed by atoms with Gasteiger partial charge in [0.2, 0.25) is 0 Å². The molecule has 0 amide bonds. The van der Waals surface area contributed by atoms with Gasteiger partial charge in [-0.1, -0.05) is 31.4 Å². The van der Waals surface area contributed by atoms with Gasteiger partial charge in [0.25, 0.3) is 0 Å². The summed E-state index contributed by atoms with van der Waals surface area (Å²) >= 11 is 1.60. The number of imidazole rings is 1. The third kappa shape index (κ3) is 2.63. The normalized spacial score (nSPS) is 16.1. The van der Waals surface area contributed by atoms with Crippen LogP contribution in [0.5, 0.6) is 0 Å². The van der Waals surface area contributed by atoms with Crippen LogP contribution in [0.3, 0.4) is 0 Å². The Bertz CT molecular complexity index is 830. The smallest absolute Gasteiger partial charge is 0.196 e. The van der Waals surface area contributed by atoms with Crippen LogP contribution in [0, 0.1) is 12.7 Å². The molecule has 5 heteroatoms. The van der Waals surface area contributed by atoms with Crippen LogP contribution in [-0.4, -0.2) is 15.4 Å². The minimum Gasteiger partial charge on any atom is -0.367 e. The highest BCUT2D eigenvalue weighted by Crippen LogP contribution is 2.35. The fraction of sp³-hybridized carbons (Fsp3) is 0.389. The third-order valence-electron chi connectivity index (χ3n) is 4.61. The average Bonchev–Trinajstić information content (AvgIpc) is 3.10. The summed E-state index contributed by atoms with van der Waals surface area (Å²) in [6, 6.07) is 7.34. The van der Waals surface area contributed by atoms with Gasteiger partial charge in [-0.3, -0.25) is 4.40 Å². The molecule has 0 atom stereocenters. The second-order valence-electron chi connectivity index (χ2n) is 6.26. The van der Waals surface area contributed by atoms with Crippen LogP contribution in [-0.2, 0) is 0 Å². The van der Waals surface area contributed by atoms with Crippen LogP contribution in [0.1, 0.15) is 37.8 Å². The molecule has 1 aromatic carbocycles. The summed E-state index contributed by atoms with van der Waals surface area (Å²) < 4.78 is 16.4. The summed E-state index contributed by atoms with van der Waals surface area (Å²) in [6.07, 6.45) is 6.19.